The third-order valence-corrected chi connectivity index (χ3v) is 3.90. The summed E-state index contributed by atoms with van der Waals surface area (Å²) in [6.07, 6.45) is 3.46. The van der Waals surface area contributed by atoms with Crippen LogP contribution in [0.25, 0.3) is 10.9 Å². The van der Waals surface area contributed by atoms with Crippen LogP contribution in [0.15, 0.2) is 36.5 Å². The smallest absolute Gasteiger partial charge is 0.240 e. The monoisotopic (exact) mass is 283 g/mol. The lowest BCUT2D eigenvalue weighted by atomic mass is 10.1. The number of para-hydroxylation sites is 1. The van der Waals surface area contributed by atoms with Crippen LogP contribution in [-0.4, -0.2) is 34.3 Å². The maximum Gasteiger partial charge on any atom is 0.240 e. The van der Waals surface area contributed by atoms with Crippen LogP contribution in [0.1, 0.15) is 18.4 Å². The Balaban J connectivity index is 1.78. The van der Waals surface area contributed by atoms with Gasteiger partial charge in [-0.2, -0.15) is 0 Å². The van der Waals surface area contributed by atoms with Gasteiger partial charge in [0.15, 0.2) is 0 Å². The van der Waals surface area contributed by atoms with E-state index in [1.165, 1.54) is 0 Å². The predicted molar refractivity (Wildman–Crippen MR) is 79.4 cm³/mol. The minimum Gasteiger partial charge on any atom is -0.368 e. The molecule has 1 aromatic carbocycles. The van der Waals surface area contributed by atoms with Gasteiger partial charge in [-0.15, -0.1) is 0 Å². The molecular weight excluding hydrogens is 266 g/mol. The number of primary amides is 1. The Morgan fingerprint density at radius 2 is 2.14 bits per heavy atom. The molecule has 1 atom stereocenters. The number of aromatic nitrogens is 1. The van der Waals surface area contributed by atoms with E-state index in [0.29, 0.717) is 13.0 Å². The lowest BCUT2D eigenvalue weighted by Gasteiger charge is -2.22. The lowest BCUT2D eigenvalue weighted by Crippen LogP contribution is -2.44. The SMILES string of the molecule is NC(=O)C1CCCN1C(=O)Cc1cnc2ccccc2c1. The highest BCUT2D eigenvalue weighted by molar-refractivity contribution is 5.88. The average molecular weight is 283 g/mol. The molecule has 2 amide bonds. The van der Waals surface area contributed by atoms with Crippen LogP contribution in [0, 0.1) is 0 Å². The lowest BCUT2D eigenvalue weighted by molar-refractivity contribution is -0.136. The molecular formula is C16H17N3O2. The minimum absolute atomic E-state index is 0.0617. The van der Waals surface area contributed by atoms with E-state index in [2.05, 4.69) is 4.98 Å². The predicted octanol–water partition coefficient (Wildman–Crippen LogP) is 1.25. The summed E-state index contributed by atoms with van der Waals surface area (Å²) in [6, 6.07) is 9.30. The Hall–Kier alpha value is -2.43. The average Bonchev–Trinajstić information content (AvgIpc) is 2.97. The molecule has 3 rings (SSSR count). The molecule has 0 radical (unpaired) electrons. The van der Waals surface area contributed by atoms with E-state index < -0.39 is 11.9 Å². The third-order valence-electron chi connectivity index (χ3n) is 3.90. The molecule has 2 aromatic rings. The molecule has 0 aliphatic carbocycles. The number of carbonyl (C=O) groups excluding carboxylic acids is 2. The van der Waals surface area contributed by atoms with Crippen molar-refractivity contribution in [1.82, 2.24) is 9.88 Å². The van der Waals surface area contributed by atoms with Crippen LogP contribution in [0.5, 0.6) is 0 Å². The molecule has 2 N–H and O–H groups in total. The molecule has 1 fully saturated rings. The van der Waals surface area contributed by atoms with Crippen LogP contribution in [-0.2, 0) is 16.0 Å². The van der Waals surface area contributed by atoms with Crippen LogP contribution >= 0.6 is 0 Å². The molecule has 1 saturated heterocycles. The van der Waals surface area contributed by atoms with E-state index in [0.717, 1.165) is 22.9 Å². The molecule has 1 aliphatic rings. The first-order valence-corrected chi connectivity index (χ1v) is 7.07. The first-order chi connectivity index (χ1) is 10.1. The second-order valence-electron chi connectivity index (χ2n) is 5.36. The summed E-state index contributed by atoms with van der Waals surface area (Å²) in [5.41, 5.74) is 7.11. The Labute approximate surface area is 122 Å². The molecule has 2 heterocycles. The number of hydrogen-bond acceptors (Lipinski definition) is 3. The van der Waals surface area contributed by atoms with Crippen LogP contribution in [0.2, 0.25) is 0 Å². The summed E-state index contributed by atoms with van der Waals surface area (Å²) in [4.78, 5) is 29.7. The standard InChI is InChI=1S/C16H17N3O2/c17-16(21)14-6-3-7-19(14)15(20)9-11-8-12-4-1-2-5-13(12)18-10-11/h1-2,4-5,8,10,14H,3,6-7,9H2,(H2,17,21). The van der Waals surface area contributed by atoms with Crippen molar-refractivity contribution >= 4 is 22.7 Å². The quantitative estimate of drug-likeness (QED) is 0.921. The van der Waals surface area contributed by atoms with Crippen molar-refractivity contribution in [2.45, 2.75) is 25.3 Å². The molecule has 1 aliphatic heterocycles. The normalized spacial score (nSPS) is 18.1. The van der Waals surface area contributed by atoms with Gasteiger partial charge in [0.05, 0.1) is 11.9 Å². The van der Waals surface area contributed by atoms with E-state index >= 15 is 0 Å². The van der Waals surface area contributed by atoms with Gasteiger partial charge in [0.1, 0.15) is 6.04 Å². The van der Waals surface area contributed by atoms with Crippen molar-refractivity contribution in [2.75, 3.05) is 6.54 Å². The van der Waals surface area contributed by atoms with Gasteiger partial charge in [-0.3, -0.25) is 14.6 Å². The number of fused-ring (bicyclic) bond motifs is 1. The highest BCUT2D eigenvalue weighted by Gasteiger charge is 2.32. The third kappa shape index (κ3) is 2.72. The molecule has 1 aromatic heterocycles. The molecule has 108 valence electrons. The molecule has 0 saturated carbocycles. The molecule has 0 bridgehead atoms. The zero-order chi connectivity index (χ0) is 14.8. The summed E-state index contributed by atoms with van der Waals surface area (Å²) in [5, 5.41) is 1.01. The van der Waals surface area contributed by atoms with Gasteiger partial charge >= 0.3 is 0 Å². The van der Waals surface area contributed by atoms with Gasteiger partial charge in [-0.05, 0) is 30.5 Å². The number of nitrogens with zero attached hydrogens (tertiary/aromatic N) is 2. The zero-order valence-electron chi connectivity index (χ0n) is 11.7. The maximum atomic E-state index is 12.4. The summed E-state index contributed by atoms with van der Waals surface area (Å²) in [5.74, 6) is -0.481. The zero-order valence-corrected chi connectivity index (χ0v) is 11.7. The first-order valence-electron chi connectivity index (χ1n) is 7.07. The minimum atomic E-state index is -0.453. The van der Waals surface area contributed by atoms with Gasteiger partial charge in [0.2, 0.25) is 11.8 Å². The Morgan fingerprint density at radius 1 is 1.33 bits per heavy atom. The number of benzene rings is 1. The molecule has 5 heteroatoms. The van der Waals surface area contributed by atoms with E-state index in [1.54, 1.807) is 11.1 Å². The molecule has 21 heavy (non-hydrogen) atoms. The van der Waals surface area contributed by atoms with Crippen LogP contribution in [0.3, 0.4) is 0 Å². The van der Waals surface area contributed by atoms with Crippen molar-refractivity contribution in [3.8, 4) is 0 Å². The molecule has 5 nitrogen and oxygen atoms in total. The van der Waals surface area contributed by atoms with Crippen LogP contribution < -0.4 is 5.73 Å². The number of likely N-dealkylation sites (tertiary alicyclic amines) is 1. The van der Waals surface area contributed by atoms with Gasteiger partial charge < -0.3 is 10.6 Å². The summed E-state index contributed by atoms with van der Waals surface area (Å²) < 4.78 is 0. The number of carbonyl (C=O) groups is 2. The number of pyridine rings is 1. The summed E-state index contributed by atoms with van der Waals surface area (Å²) in [7, 11) is 0. The fraction of sp³-hybridized carbons (Fsp3) is 0.312. The van der Waals surface area contributed by atoms with Crippen molar-refractivity contribution in [1.29, 1.82) is 0 Å². The Kier molecular flexibility index (Phi) is 3.56. The largest absolute Gasteiger partial charge is 0.368 e. The van der Waals surface area contributed by atoms with E-state index in [1.807, 2.05) is 30.3 Å². The van der Waals surface area contributed by atoms with Crippen LogP contribution in [0.4, 0.5) is 0 Å². The van der Waals surface area contributed by atoms with Gasteiger partial charge in [0.25, 0.3) is 0 Å². The highest BCUT2D eigenvalue weighted by Crippen LogP contribution is 2.19. The van der Waals surface area contributed by atoms with Crippen molar-refractivity contribution in [2.24, 2.45) is 5.73 Å². The van der Waals surface area contributed by atoms with Gasteiger partial charge in [-0.25, -0.2) is 0 Å². The number of hydrogen-bond donors (Lipinski definition) is 1. The molecule has 0 spiro atoms. The number of nitrogens with two attached hydrogens (primary N) is 1. The Bertz CT molecular complexity index is 699. The van der Waals surface area contributed by atoms with Crippen molar-refractivity contribution < 1.29 is 9.59 Å². The summed E-state index contributed by atoms with van der Waals surface area (Å²) >= 11 is 0. The molecule has 1 unspecified atom stereocenters. The maximum absolute atomic E-state index is 12.4. The van der Waals surface area contributed by atoms with Gasteiger partial charge in [0, 0.05) is 18.1 Å². The fourth-order valence-electron chi connectivity index (χ4n) is 2.85. The summed E-state index contributed by atoms with van der Waals surface area (Å²) in [6.45, 7) is 0.605. The van der Waals surface area contributed by atoms with E-state index in [9.17, 15) is 9.59 Å². The van der Waals surface area contributed by atoms with Gasteiger partial charge in [-0.1, -0.05) is 18.2 Å². The van der Waals surface area contributed by atoms with Crippen molar-refractivity contribution in [3.63, 3.8) is 0 Å². The fourth-order valence-corrected chi connectivity index (χ4v) is 2.85. The van der Waals surface area contributed by atoms with Crippen molar-refractivity contribution in [3.05, 3.63) is 42.1 Å². The van der Waals surface area contributed by atoms with E-state index in [4.69, 9.17) is 5.73 Å². The Morgan fingerprint density at radius 3 is 2.95 bits per heavy atom. The second kappa shape index (κ2) is 5.52. The number of rotatable bonds is 3. The highest BCUT2D eigenvalue weighted by atomic mass is 16.2. The van der Waals surface area contributed by atoms with E-state index in [-0.39, 0.29) is 12.3 Å². The first kappa shape index (κ1) is 13.5. The topological polar surface area (TPSA) is 76.3 Å². The second-order valence-corrected chi connectivity index (χ2v) is 5.36. The number of amides is 2.